The van der Waals surface area contributed by atoms with E-state index in [0.717, 1.165) is 16.8 Å². The summed E-state index contributed by atoms with van der Waals surface area (Å²) in [6.07, 6.45) is 4.48. The van der Waals surface area contributed by atoms with Gasteiger partial charge in [0, 0.05) is 17.8 Å². The van der Waals surface area contributed by atoms with Crippen LogP contribution in [0.2, 0.25) is 0 Å². The first-order valence-corrected chi connectivity index (χ1v) is 7.29. The van der Waals surface area contributed by atoms with E-state index < -0.39 is 0 Å². The van der Waals surface area contributed by atoms with Crippen LogP contribution in [0, 0.1) is 27.7 Å². The third-order valence-corrected chi connectivity index (χ3v) is 3.60. The van der Waals surface area contributed by atoms with Gasteiger partial charge in [-0.25, -0.2) is 4.57 Å². The predicted octanol–water partition coefficient (Wildman–Crippen LogP) is 0.241. The van der Waals surface area contributed by atoms with Crippen LogP contribution in [0.1, 0.15) is 28.7 Å². The van der Waals surface area contributed by atoms with Crippen LogP contribution in [0.5, 0.6) is 0 Å². The number of anilines is 1. The molecular formula is C18H23BrN2O. The maximum Gasteiger partial charge on any atom is 0.230 e. The summed E-state index contributed by atoms with van der Waals surface area (Å²) in [6, 6.07) is 8.28. The van der Waals surface area contributed by atoms with Gasteiger partial charge in [0.2, 0.25) is 5.91 Å². The quantitative estimate of drug-likeness (QED) is 0.776. The second-order valence-electron chi connectivity index (χ2n) is 5.69. The number of hydrogen-bond acceptors (Lipinski definition) is 1. The summed E-state index contributed by atoms with van der Waals surface area (Å²) in [7, 11) is 0. The molecule has 2 rings (SSSR count). The minimum atomic E-state index is 0. The minimum absolute atomic E-state index is 0. The van der Waals surface area contributed by atoms with Crippen molar-refractivity contribution in [2.24, 2.45) is 0 Å². The van der Waals surface area contributed by atoms with E-state index in [2.05, 4.69) is 31.3 Å². The topological polar surface area (TPSA) is 33.0 Å². The number of nitrogens with zero attached hydrogens (tertiary/aromatic N) is 1. The van der Waals surface area contributed by atoms with Crippen molar-refractivity contribution in [3.63, 3.8) is 0 Å². The highest BCUT2D eigenvalue weighted by atomic mass is 79.9. The highest BCUT2D eigenvalue weighted by Gasteiger charge is 2.10. The van der Waals surface area contributed by atoms with E-state index in [1.165, 1.54) is 11.1 Å². The van der Waals surface area contributed by atoms with Gasteiger partial charge in [-0.3, -0.25) is 4.79 Å². The molecule has 1 amide bonds. The zero-order valence-electron chi connectivity index (χ0n) is 13.6. The first kappa shape index (κ1) is 18.4. The lowest BCUT2D eigenvalue weighted by atomic mass is 10.1. The molecule has 0 spiro atoms. The molecule has 0 radical (unpaired) electrons. The highest BCUT2D eigenvalue weighted by molar-refractivity contribution is 5.92. The Labute approximate surface area is 143 Å². The lowest BCUT2D eigenvalue weighted by molar-refractivity contribution is -0.695. The molecule has 1 heterocycles. The summed E-state index contributed by atoms with van der Waals surface area (Å²) < 4.78 is 2.03. The number of carbonyl (C=O) groups is 1. The predicted molar refractivity (Wildman–Crippen MR) is 85.3 cm³/mol. The van der Waals surface area contributed by atoms with Gasteiger partial charge in [0.05, 0.1) is 6.42 Å². The molecule has 22 heavy (non-hydrogen) atoms. The molecule has 0 unspecified atom stereocenters. The summed E-state index contributed by atoms with van der Waals surface area (Å²) in [5.41, 5.74) is 5.62. The fourth-order valence-corrected chi connectivity index (χ4v) is 2.49. The van der Waals surface area contributed by atoms with Crippen LogP contribution in [0.4, 0.5) is 5.69 Å². The Bertz CT molecular complexity index is 628. The Morgan fingerprint density at radius 3 is 2.09 bits per heavy atom. The SMILES string of the molecule is Cc1cc[n+](CCC(=O)Nc2c(C)cc(C)cc2C)cc1.[Br-]. The third kappa shape index (κ3) is 4.95. The summed E-state index contributed by atoms with van der Waals surface area (Å²) >= 11 is 0. The van der Waals surface area contributed by atoms with Crippen molar-refractivity contribution in [3.05, 3.63) is 58.9 Å². The number of carbonyl (C=O) groups excluding carboxylic acids is 1. The maximum absolute atomic E-state index is 12.1. The molecule has 2 aromatic rings. The first-order chi connectivity index (χ1) is 9.95. The average molecular weight is 363 g/mol. The summed E-state index contributed by atoms with van der Waals surface area (Å²) in [4.78, 5) is 12.1. The zero-order chi connectivity index (χ0) is 15.4. The molecular weight excluding hydrogens is 340 g/mol. The molecule has 3 nitrogen and oxygen atoms in total. The first-order valence-electron chi connectivity index (χ1n) is 7.29. The molecule has 0 aliphatic rings. The van der Waals surface area contributed by atoms with Crippen LogP contribution in [0.15, 0.2) is 36.7 Å². The van der Waals surface area contributed by atoms with Crippen molar-refractivity contribution in [2.45, 2.75) is 40.7 Å². The van der Waals surface area contributed by atoms with E-state index in [0.29, 0.717) is 13.0 Å². The van der Waals surface area contributed by atoms with Gasteiger partial charge < -0.3 is 22.3 Å². The Morgan fingerprint density at radius 2 is 1.55 bits per heavy atom. The van der Waals surface area contributed by atoms with E-state index in [1.807, 2.05) is 42.9 Å². The van der Waals surface area contributed by atoms with Crippen LogP contribution < -0.4 is 26.9 Å². The number of halogens is 1. The smallest absolute Gasteiger partial charge is 0.230 e. The minimum Gasteiger partial charge on any atom is -1.00 e. The maximum atomic E-state index is 12.1. The van der Waals surface area contributed by atoms with Crippen molar-refractivity contribution >= 4 is 11.6 Å². The molecule has 1 aromatic heterocycles. The van der Waals surface area contributed by atoms with Crippen molar-refractivity contribution in [3.8, 4) is 0 Å². The largest absolute Gasteiger partial charge is 1.00 e. The van der Waals surface area contributed by atoms with E-state index in [-0.39, 0.29) is 22.9 Å². The summed E-state index contributed by atoms with van der Waals surface area (Å²) in [6.45, 7) is 8.88. The van der Waals surface area contributed by atoms with Crippen LogP contribution in [0.25, 0.3) is 0 Å². The van der Waals surface area contributed by atoms with Crippen LogP contribution in [0.3, 0.4) is 0 Å². The van der Waals surface area contributed by atoms with Crippen LogP contribution in [-0.2, 0) is 11.3 Å². The molecule has 0 atom stereocenters. The molecule has 118 valence electrons. The molecule has 4 heteroatoms. The number of aryl methyl sites for hydroxylation is 5. The fraction of sp³-hybridized carbons (Fsp3) is 0.333. The fourth-order valence-electron chi connectivity index (χ4n) is 2.49. The van der Waals surface area contributed by atoms with Crippen molar-refractivity contribution in [1.82, 2.24) is 0 Å². The molecule has 0 aliphatic heterocycles. The normalized spacial score (nSPS) is 10.0. The number of rotatable bonds is 4. The molecule has 0 aliphatic carbocycles. The van der Waals surface area contributed by atoms with Gasteiger partial charge >= 0.3 is 0 Å². The number of benzene rings is 1. The zero-order valence-corrected chi connectivity index (χ0v) is 15.2. The lowest BCUT2D eigenvalue weighted by Gasteiger charge is -2.12. The summed E-state index contributed by atoms with van der Waals surface area (Å²) in [5, 5.41) is 3.04. The molecule has 1 aromatic carbocycles. The molecule has 0 bridgehead atoms. The van der Waals surface area contributed by atoms with Crippen molar-refractivity contribution in [1.29, 1.82) is 0 Å². The van der Waals surface area contributed by atoms with Crippen molar-refractivity contribution in [2.75, 3.05) is 5.32 Å². The number of aromatic nitrogens is 1. The second kappa shape index (κ2) is 8.08. The molecule has 0 saturated heterocycles. The van der Waals surface area contributed by atoms with Crippen LogP contribution in [-0.4, -0.2) is 5.91 Å². The summed E-state index contributed by atoms with van der Waals surface area (Å²) in [5.74, 6) is 0.0538. The number of nitrogens with one attached hydrogen (secondary N) is 1. The van der Waals surface area contributed by atoms with Crippen molar-refractivity contribution < 1.29 is 26.3 Å². The number of hydrogen-bond donors (Lipinski definition) is 1. The second-order valence-corrected chi connectivity index (χ2v) is 5.69. The van der Waals surface area contributed by atoms with Gasteiger partial charge in [-0.1, -0.05) is 17.7 Å². The van der Waals surface area contributed by atoms with Gasteiger partial charge in [0.1, 0.15) is 0 Å². The molecule has 0 saturated carbocycles. The Kier molecular flexibility index (Phi) is 6.75. The van der Waals surface area contributed by atoms with Gasteiger partial charge in [0.15, 0.2) is 18.9 Å². The average Bonchev–Trinajstić information content (AvgIpc) is 2.42. The number of amides is 1. The standard InChI is InChI=1S/C18H22N2O.BrH/c1-13-5-8-20(9-6-13)10-7-17(21)19-18-15(3)11-14(2)12-16(18)4;/h5-6,8-9,11-12H,7,10H2,1-4H3;1H. The van der Waals surface area contributed by atoms with E-state index >= 15 is 0 Å². The van der Waals surface area contributed by atoms with E-state index in [9.17, 15) is 4.79 Å². The Balaban J connectivity index is 0.00000242. The molecule has 0 fully saturated rings. The number of pyridine rings is 1. The Hall–Kier alpha value is -1.68. The van der Waals surface area contributed by atoms with Gasteiger partial charge in [0.25, 0.3) is 0 Å². The van der Waals surface area contributed by atoms with Gasteiger partial charge in [-0.05, 0) is 44.4 Å². The van der Waals surface area contributed by atoms with Crippen LogP contribution >= 0.6 is 0 Å². The Morgan fingerprint density at radius 1 is 1.00 bits per heavy atom. The molecule has 1 N–H and O–H groups in total. The van der Waals surface area contributed by atoms with E-state index in [1.54, 1.807) is 0 Å². The van der Waals surface area contributed by atoms with Gasteiger partial charge in [-0.15, -0.1) is 0 Å². The highest BCUT2D eigenvalue weighted by Crippen LogP contribution is 2.21. The third-order valence-electron chi connectivity index (χ3n) is 3.60. The lowest BCUT2D eigenvalue weighted by Crippen LogP contribution is -3.00. The monoisotopic (exact) mass is 362 g/mol. The van der Waals surface area contributed by atoms with Gasteiger partial charge in [-0.2, -0.15) is 0 Å². The van der Waals surface area contributed by atoms with E-state index in [4.69, 9.17) is 0 Å².